The number of ether oxygens (including phenoxy) is 3. The van der Waals surface area contributed by atoms with Gasteiger partial charge >= 0.3 is 0 Å². The Morgan fingerprint density at radius 3 is 1.98 bits per heavy atom. The molecule has 0 N–H and O–H groups in total. The van der Waals surface area contributed by atoms with Crippen LogP contribution in [0.1, 0.15) is 136 Å². The molecule has 6 heteroatoms. The number of aryl methyl sites for hydroxylation is 1. The number of fused-ring (bicyclic) bond motifs is 1. The molecule has 2 aromatic carbocycles. The molecule has 2 heterocycles. The van der Waals surface area contributed by atoms with E-state index < -0.39 is 9.52 Å². The fourth-order valence-corrected chi connectivity index (χ4v) is 8.40. The Morgan fingerprint density at radius 1 is 0.646 bits per heavy atom. The number of unbranched alkanes of at least 4 members (excludes halogenated alkanes) is 9. The predicted molar refractivity (Wildman–Crippen MR) is 205 cm³/mol. The number of hydrogen-bond acceptors (Lipinski definition) is 5. The molecule has 0 spiro atoms. The van der Waals surface area contributed by atoms with Crippen molar-refractivity contribution in [3.63, 3.8) is 0 Å². The largest absolute Gasteiger partial charge is 0.456 e. The second-order valence-electron chi connectivity index (χ2n) is 14.4. The van der Waals surface area contributed by atoms with Crippen molar-refractivity contribution < 1.29 is 14.2 Å². The molecule has 264 valence electrons. The van der Waals surface area contributed by atoms with Crippen LogP contribution in [0.3, 0.4) is 0 Å². The third-order valence-corrected chi connectivity index (χ3v) is 11.8. The van der Waals surface area contributed by atoms with E-state index in [1.165, 1.54) is 95.5 Å². The molecule has 4 rings (SSSR count). The highest BCUT2D eigenvalue weighted by Crippen LogP contribution is 2.38. The van der Waals surface area contributed by atoms with E-state index in [1.807, 2.05) is 30.6 Å². The zero-order valence-electron chi connectivity index (χ0n) is 30.7. The van der Waals surface area contributed by atoms with Gasteiger partial charge in [0.25, 0.3) is 0 Å². The molecule has 0 saturated carbocycles. The normalized spacial score (nSPS) is 15.4. The minimum atomic E-state index is -0.523. The van der Waals surface area contributed by atoms with E-state index in [4.69, 9.17) is 24.2 Å². The average Bonchev–Trinajstić information content (AvgIpc) is 3.51. The standard InChI is InChI=1S/C42H64N2O3Si/c1-5-7-9-16-28-45-29-17-15-21-35-22-24-36(25-23-35)38-31-43-41(44-32-38)37-26-27-39-40(30-37)47-42(46-39)48-34(4)20-14-11-10-13-19-33(3)18-12-8-6-2/h22-27,30-34,42H,5-21,28-29,48H2,1-4H3. The summed E-state index contributed by atoms with van der Waals surface area (Å²) in [6.45, 7) is 11.1. The van der Waals surface area contributed by atoms with Crippen molar-refractivity contribution in [1.82, 2.24) is 9.97 Å². The van der Waals surface area contributed by atoms with Gasteiger partial charge in [-0.25, -0.2) is 9.97 Å². The maximum Gasteiger partial charge on any atom is 0.213 e. The van der Waals surface area contributed by atoms with Gasteiger partial charge in [-0.05, 0) is 66.5 Å². The molecular formula is C42H64N2O3Si. The lowest BCUT2D eigenvalue weighted by Crippen LogP contribution is -2.28. The molecule has 0 bridgehead atoms. The van der Waals surface area contributed by atoms with E-state index in [2.05, 4.69) is 52.0 Å². The fraction of sp³-hybridized carbons (Fsp3) is 0.619. The molecular weight excluding hydrogens is 609 g/mol. The monoisotopic (exact) mass is 672 g/mol. The van der Waals surface area contributed by atoms with Crippen LogP contribution in [0, 0.1) is 5.92 Å². The molecule has 1 aliphatic rings. The molecule has 5 nitrogen and oxygen atoms in total. The molecule has 3 unspecified atom stereocenters. The molecule has 1 aliphatic heterocycles. The quantitative estimate of drug-likeness (QED) is 0.0662. The van der Waals surface area contributed by atoms with Gasteiger partial charge in [0.05, 0.1) is 0 Å². The van der Waals surface area contributed by atoms with Gasteiger partial charge in [-0.2, -0.15) is 0 Å². The Hall–Kier alpha value is -2.70. The summed E-state index contributed by atoms with van der Waals surface area (Å²) in [5.74, 6) is 3.20. The fourth-order valence-electron chi connectivity index (χ4n) is 6.67. The highest BCUT2D eigenvalue weighted by Gasteiger charge is 2.26. The highest BCUT2D eigenvalue weighted by molar-refractivity contribution is 6.38. The van der Waals surface area contributed by atoms with Crippen molar-refractivity contribution in [1.29, 1.82) is 0 Å². The summed E-state index contributed by atoms with van der Waals surface area (Å²) in [6, 6.07) is 14.9. The third kappa shape index (κ3) is 13.7. The van der Waals surface area contributed by atoms with Crippen molar-refractivity contribution in [3.8, 4) is 34.0 Å². The van der Waals surface area contributed by atoms with Gasteiger partial charge in [0.1, 0.15) is 9.52 Å². The van der Waals surface area contributed by atoms with E-state index in [1.54, 1.807) is 0 Å². The molecule has 1 aromatic heterocycles. The molecule has 0 fully saturated rings. The van der Waals surface area contributed by atoms with Crippen molar-refractivity contribution in [2.75, 3.05) is 13.2 Å². The molecule has 0 aliphatic carbocycles. The van der Waals surface area contributed by atoms with Crippen LogP contribution in [0.4, 0.5) is 0 Å². The van der Waals surface area contributed by atoms with E-state index in [9.17, 15) is 0 Å². The lowest BCUT2D eigenvalue weighted by molar-refractivity contribution is 0.122. The molecule has 0 radical (unpaired) electrons. The summed E-state index contributed by atoms with van der Waals surface area (Å²) in [7, 11) is -0.523. The Labute approximate surface area is 294 Å². The summed E-state index contributed by atoms with van der Waals surface area (Å²) >= 11 is 0. The first-order valence-electron chi connectivity index (χ1n) is 19.5. The predicted octanol–water partition coefficient (Wildman–Crippen LogP) is 11.3. The first-order chi connectivity index (χ1) is 23.6. The number of nitrogens with zero attached hydrogens (tertiary/aromatic N) is 2. The Morgan fingerprint density at radius 2 is 1.25 bits per heavy atom. The SMILES string of the molecule is CCCCCCOCCCCc1ccc(-c2cnc(-c3ccc4c(c3)OC([SiH2]C(C)CCCCCCC(C)CCCCC)O4)nc2)cc1. The number of hydrogen-bond donors (Lipinski definition) is 0. The number of aromatic nitrogens is 2. The first-order valence-corrected chi connectivity index (χ1v) is 21.2. The summed E-state index contributed by atoms with van der Waals surface area (Å²) in [5, 5.41) is 0. The lowest BCUT2D eigenvalue weighted by Gasteiger charge is -2.15. The Balaban J connectivity index is 1.13. The van der Waals surface area contributed by atoms with E-state index >= 15 is 0 Å². The van der Waals surface area contributed by atoms with Gasteiger partial charge in [-0.1, -0.05) is 135 Å². The van der Waals surface area contributed by atoms with Crippen LogP contribution in [0.5, 0.6) is 11.5 Å². The van der Waals surface area contributed by atoms with E-state index in [0.29, 0.717) is 11.4 Å². The first kappa shape index (κ1) is 38.1. The highest BCUT2D eigenvalue weighted by atomic mass is 28.2. The molecule has 3 aromatic rings. The van der Waals surface area contributed by atoms with Crippen molar-refractivity contribution in [2.45, 2.75) is 148 Å². The van der Waals surface area contributed by atoms with Crippen LogP contribution in [0.25, 0.3) is 22.5 Å². The van der Waals surface area contributed by atoms with Crippen molar-refractivity contribution in [2.24, 2.45) is 5.92 Å². The second kappa shape index (κ2) is 22.1. The summed E-state index contributed by atoms with van der Waals surface area (Å²) in [4.78, 5) is 9.42. The van der Waals surface area contributed by atoms with Gasteiger partial charge in [-0.3, -0.25) is 0 Å². The third-order valence-electron chi connectivity index (χ3n) is 9.84. The maximum absolute atomic E-state index is 6.30. The molecule has 3 atom stereocenters. The Kier molecular flexibility index (Phi) is 17.5. The lowest BCUT2D eigenvalue weighted by atomic mass is 9.96. The van der Waals surface area contributed by atoms with Crippen LogP contribution in [0.2, 0.25) is 5.54 Å². The van der Waals surface area contributed by atoms with Gasteiger partial charge in [0, 0.05) is 36.7 Å². The molecule has 0 saturated heterocycles. The van der Waals surface area contributed by atoms with E-state index in [-0.39, 0.29) is 5.91 Å². The average molecular weight is 673 g/mol. The van der Waals surface area contributed by atoms with Gasteiger partial charge in [-0.15, -0.1) is 0 Å². The van der Waals surface area contributed by atoms with Gasteiger partial charge in [0.15, 0.2) is 17.3 Å². The molecule has 0 amide bonds. The maximum atomic E-state index is 6.30. The van der Waals surface area contributed by atoms with Crippen molar-refractivity contribution >= 4 is 9.52 Å². The zero-order chi connectivity index (χ0) is 33.8. The van der Waals surface area contributed by atoms with E-state index in [0.717, 1.165) is 66.6 Å². The summed E-state index contributed by atoms with van der Waals surface area (Å²) in [6.07, 6.45) is 26.0. The van der Waals surface area contributed by atoms with Crippen LogP contribution < -0.4 is 9.47 Å². The molecule has 48 heavy (non-hydrogen) atoms. The van der Waals surface area contributed by atoms with Crippen LogP contribution in [0.15, 0.2) is 54.9 Å². The van der Waals surface area contributed by atoms with Crippen LogP contribution in [-0.2, 0) is 11.2 Å². The summed E-state index contributed by atoms with van der Waals surface area (Å²) < 4.78 is 18.3. The van der Waals surface area contributed by atoms with Gasteiger partial charge < -0.3 is 14.2 Å². The van der Waals surface area contributed by atoms with Crippen molar-refractivity contribution in [3.05, 3.63) is 60.4 Å². The van der Waals surface area contributed by atoms with Crippen LogP contribution in [-0.4, -0.2) is 38.6 Å². The topological polar surface area (TPSA) is 53.5 Å². The second-order valence-corrected chi connectivity index (χ2v) is 16.9. The smallest absolute Gasteiger partial charge is 0.213 e. The summed E-state index contributed by atoms with van der Waals surface area (Å²) in [5.41, 5.74) is 5.20. The van der Waals surface area contributed by atoms with Gasteiger partial charge in [0.2, 0.25) is 5.91 Å². The minimum Gasteiger partial charge on any atom is -0.456 e. The Bertz CT molecular complexity index is 1280. The zero-order valence-corrected chi connectivity index (χ0v) is 32.1. The van der Waals surface area contributed by atoms with Crippen LogP contribution >= 0.6 is 0 Å². The number of rotatable bonds is 25. The minimum absolute atomic E-state index is 0.0749. The number of benzene rings is 2.